The van der Waals surface area contributed by atoms with Gasteiger partial charge in [0.1, 0.15) is 0 Å². The highest BCUT2D eigenvalue weighted by Crippen LogP contribution is 2.24. The second-order valence-corrected chi connectivity index (χ2v) is 6.80. The molecule has 2 aromatic rings. The summed E-state index contributed by atoms with van der Waals surface area (Å²) in [6, 6.07) is 10.1. The summed E-state index contributed by atoms with van der Waals surface area (Å²) in [5, 5.41) is 7.15. The first kappa shape index (κ1) is 16.6. The first-order chi connectivity index (χ1) is 11.6. The number of rotatable bonds is 5. The summed E-state index contributed by atoms with van der Waals surface area (Å²) in [6.45, 7) is 6.55. The average molecular weight is 326 g/mol. The molecule has 0 saturated carbocycles. The lowest BCUT2D eigenvalue weighted by molar-refractivity contribution is -0.116. The predicted octanol–water partition coefficient (Wildman–Crippen LogP) is 3.71. The second-order valence-electron chi connectivity index (χ2n) is 6.80. The molecule has 1 N–H and O–H groups in total. The summed E-state index contributed by atoms with van der Waals surface area (Å²) in [4.78, 5) is 14.6. The van der Waals surface area contributed by atoms with Gasteiger partial charge in [-0.3, -0.25) is 9.48 Å². The van der Waals surface area contributed by atoms with E-state index in [1.54, 1.807) is 10.9 Å². The van der Waals surface area contributed by atoms with Crippen molar-refractivity contribution in [2.75, 3.05) is 23.3 Å². The van der Waals surface area contributed by atoms with Gasteiger partial charge in [-0.15, -0.1) is 0 Å². The number of hydrogen-bond acceptors (Lipinski definition) is 3. The molecule has 3 rings (SSSR count). The molecule has 1 aromatic heterocycles. The molecule has 128 valence electrons. The summed E-state index contributed by atoms with van der Waals surface area (Å²) >= 11 is 0. The van der Waals surface area contributed by atoms with Crippen LogP contribution >= 0.6 is 0 Å². The SMILES string of the molecule is CC1CCN(c2ccc(NC(=O)C[C@@H](C)n3cccn3)cc2)CC1. The van der Waals surface area contributed by atoms with Gasteiger partial charge in [-0.1, -0.05) is 6.92 Å². The van der Waals surface area contributed by atoms with Crippen LogP contribution in [0.5, 0.6) is 0 Å². The van der Waals surface area contributed by atoms with E-state index < -0.39 is 0 Å². The Labute approximate surface area is 143 Å². The molecule has 1 aliphatic heterocycles. The first-order valence-electron chi connectivity index (χ1n) is 8.76. The minimum Gasteiger partial charge on any atom is -0.372 e. The van der Waals surface area contributed by atoms with Crippen LogP contribution in [0.25, 0.3) is 0 Å². The molecule has 1 atom stereocenters. The molecule has 1 saturated heterocycles. The van der Waals surface area contributed by atoms with Gasteiger partial charge in [-0.05, 0) is 56.0 Å². The molecular weight excluding hydrogens is 300 g/mol. The van der Waals surface area contributed by atoms with Crippen molar-refractivity contribution < 1.29 is 4.79 Å². The summed E-state index contributed by atoms with van der Waals surface area (Å²) in [6.07, 6.45) is 6.53. The van der Waals surface area contributed by atoms with Crippen molar-refractivity contribution in [2.45, 2.75) is 39.2 Å². The molecule has 0 unspecified atom stereocenters. The van der Waals surface area contributed by atoms with Gasteiger partial charge in [-0.2, -0.15) is 5.10 Å². The quantitative estimate of drug-likeness (QED) is 0.911. The molecule has 24 heavy (non-hydrogen) atoms. The molecule has 0 aliphatic carbocycles. The molecule has 2 heterocycles. The third-order valence-corrected chi connectivity index (χ3v) is 4.76. The van der Waals surface area contributed by atoms with Gasteiger partial charge in [0.25, 0.3) is 0 Å². The van der Waals surface area contributed by atoms with Crippen LogP contribution in [-0.2, 0) is 4.79 Å². The highest BCUT2D eigenvalue weighted by molar-refractivity contribution is 5.91. The highest BCUT2D eigenvalue weighted by Gasteiger charge is 2.16. The number of carbonyl (C=O) groups is 1. The smallest absolute Gasteiger partial charge is 0.226 e. The Hall–Kier alpha value is -2.30. The van der Waals surface area contributed by atoms with Crippen LogP contribution in [0.3, 0.4) is 0 Å². The summed E-state index contributed by atoms with van der Waals surface area (Å²) < 4.78 is 1.81. The molecule has 5 nitrogen and oxygen atoms in total. The van der Waals surface area contributed by atoms with Crippen molar-refractivity contribution >= 4 is 17.3 Å². The number of anilines is 2. The van der Waals surface area contributed by atoms with Gasteiger partial charge in [0.15, 0.2) is 0 Å². The number of amides is 1. The molecule has 1 fully saturated rings. The number of carbonyl (C=O) groups excluding carboxylic acids is 1. The van der Waals surface area contributed by atoms with E-state index in [0.29, 0.717) is 6.42 Å². The number of nitrogens with zero attached hydrogens (tertiary/aromatic N) is 3. The van der Waals surface area contributed by atoms with Crippen molar-refractivity contribution in [3.05, 3.63) is 42.7 Å². The average Bonchev–Trinajstić information content (AvgIpc) is 3.11. The van der Waals surface area contributed by atoms with Gasteiger partial charge in [0.05, 0.1) is 6.04 Å². The highest BCUT2D eigenvalue weighted by atomic mass is 16.1. The molecule has 1 aromatic carbocycles. The van der Waals surface area contributed by atoms with Crippen molar-refractivity contribution in [1.29, 1.82) is 0 Å². The standard InChI is InChI=1S/C19H26N4O/c1-15-8-12-22(13-9-15)18-6-4-17(5-7-18)21-19(24)14-16(2)23-11-3-10-20-23/h3-7,10-11,15-16H,8-9,12-14H2,1-2H3,(H,21,24)/t16-/m1/s1. The van der Waals surface area contributed by atoms with Gasteiger partial charge >= 0.3 is 0 Å². The lowest BCUT2D eigenvalue weighted by Crippen LogP contribution is -2.32. The molecule has 1 aliphatic rings. The van der Waals surface area contributed by atoms with Gasteiger partial charge in [0, 0.05) is 43.3 Å². The molecule has 5 heteroatoms. The lowest BCUT2D eigenvalue weighted by atomic mass is 9.99. The summed E-state index contributed by atoms with van der Waals surface area (Å²) in [7, 11) is 0. The normalized spacial score (nSPS) is 16.8. The zero-order chi connectivity index (χ0) is 16.9. The van der Waals surface area contributed by atoms with Crippen molar-refractivity contribution in [2.24, 2.45) is 5.92 Å². The van der Waals surface area contributed by atoms with Crippen LogP contribution in [-0.4, -0.2) is 28.8 Å². The van der Waals surface area contributed by atoms with Crippen molar-refractivity contribution in [1.82, 2.24) is 9.78 Å². The maximum absolute atomic E-state index is 12.2. The monoisotopic (exact) mass is 326 g/mol. The molecule has 0 bridgehead atoms. The van der Waals surface area contributed by atoms with Crippen LogP contribution < -0.4 is 10.2 Å². The van der Waals surface area contributed by atoms with E-state index in [2.05, 4.69) is 34.4 Å². The van der Waals surface area contributed by atoms with Crippen LogP contribution in [0, 0.1) is 5.92 Å². The number of aromatic nitrogens is 2. The van der Waals surface area contributed by atoms with Crippen LogP contribution in [0.1, 0.15) is 39.2 Å². The predicted molar refractivity (Wildman–Crippen MR) is 97.2 cm³/mol. The fourth-order valence-corrected chi connectivity index (χ4v) is 3.14. The second kappa shape index (κ2) is 7.51. The lowest BCUT2D eigenvalue weighted by Gasteiger charge is -2.32. The van der Waals surface area contributed by atoms with Gasteiger partial charge < -0.3 is 10.2 Å². The first-order valence-corrected chi connectivity index (χ1v) is 8.76. The van der Waals surface area contributed by atoms with E-state index in [-0.39, 0.29) is 11.9 Å². The Kier molecular flexibility index (Phi) is 5.18. The van der Waals surface area contributed by atoms with Gasteiger partial charge in [-0.25, -0.2) is 0 Å². The van der Waals surface area contributed by atoms with E-state index in [9.17, 15) is 4.79 Å². The Morgan fingerprint density at radius 2 is 2.00 bits per heavy atom. The third-order valence-electron chi connectivity index (χ3n) is 4.76. The number of piperidine rings is 1. The summed E-state index contributed by atoms with van der Waals surface area (Å²) in [5.74, 6) is 0.842. The Morgan fingerprint density at radius 1 is 1.29 bits per heavy atom. The zero-order valence-electron chi connectivity index (χ0n) is 14.5. The maximum Gasteiger partial charge on any atom is 0.226 e. The Balaban J connectivity index is 1.53. The van der Waals surface area contributed by atoms with Crippen LogP contribution in [0.4, 0.5) is 11.4 Å². The largest absolute Gasteiger partial charge is 0.372 e. The Bertz CT molecular complexity index is 643. The van der Waals surface area contributed by atoms with Crippen molar-refractivity contribution in [3.8, 4) is 0 Å². The van der Waals surface area contributed by atoms with E-state index in [0.717, 1.165) is 24.7 Å². The third kappa shape index (κ3) is 4.16. The van der Waals surface area contributed by atoms with E-state index in [4.69, 9.17) is 0 Å². The van der Waals surface area contributed by atoms with E-state index in [1.807, 2.05) is 31.3 Å². The fourth-order valence-electron chi connectivity index (χ4n) is 3.14. The van der Waals surface area contributed by atoms with E-state index in [1.165, 1.54) is 18.5 Å². The minimum absolute atomic E-state index is 0.0116. The molecule has 1 amide bonds. The van der Waals surface area contributed by atoms with Crippen LogP contribution in [0.2, 0.25) is 0 Å². The molecule has 0 spiro atoms. The maximum atomic E-state index is 12.2. The molecule has 0 radical (unpaired) electrons. The Morgan fingerprint density at radius 3 is 2.62 bits per heavy atom. The topological polar surface area (TPSA) is 50.2 Å². The number of benzene rings is 1. The number of nitrogens with one attached hydrogen (secondary N) is 1. The summed E-state index contributed by atoms with van der Waals surface area (Å²) in [5.41, 5.74) is 2.09. The zero-order valence-corrected chi connectivity index (χ0v) is 14.5. The minimum atomic E-state index is 0.0116. The van der Waals surface area contributed by atoms with Gasteiger partial charge in [0.2, 0.25) is 5.91 Å². The molecular formula is C19H26N4O. The van der Waals surface area contributed by atoms with Crippen LogP contribution in [0.15, 0.2) is 42.7 Å². The number of hydrogen-bond donors (Lipinski definition) is 1. The van der Waals surface area contributed by atoms with E-state index >= 15 is 0 Å². The fraction of sp³-hybridized carbons (Fsp3) is 0.474. The van der Waals surface area contributed by atoms with Crippen molar-refractivity contribution in [3.63, 3.8) is 0 Å².